The number of hydrogen-bond donors (Lipinski definition) is 2. The average Bonchev–Trinajstić information content (AvgIpc) is 2.51. The highest BCUT2D eigenvalue weighted by Gasteiger charge is 2.05. The fourth-order valence-electron chi connectivity index (χ4n) is 0.833. The first kappa shape index (κ1) is 10.8. The lowest BCUT2D eigenvalue weighted by atomic mass is 10.5. The summed E-state index contributed by atoms with van der Waals surface area (Å²) < 4.78 is 5.26. The largest absolute Gasteiger partial charge is 0.482 e. The molecule has 1 aromatic heterocycles. The molecule has 1 heterocycles. The number of primary amides is 1. The minimum Gasteiger partial charge on any atom is -0.482 e. The second kappa shape index (κ2) is 4.83. The van der Waals surface area contributed by atoms with E-state index in [1.807, 2.05) is 19.1 Å². The third kappa shape index (κ3) is 3.23. The molecule has 0 fully saturated rings. The second-order valence-electron chi connectivity index (χ2n) is 2.67. The van der Waals surface area contributed by atoms with Crippen molar-refractivity contribution in [3.8, 4) is 5.06 Å². The van der Waals surface area contributed by atoms with Crippen LogP contribution in [0.5, 0.6) is 5.06 Å². The minimum absolute atomic E-state index is 0.0618. The summed E-state index contributed by atoms with van der Waals surface area (Å²) in [4.78, 5) is 11.5. The van der Waals surface area contributed by atoms with Crippen molar-refractivity contribution in [1.29, 1.82) is 0 Å². The zero-order valence-electron chi connectivity index (χ0n) is 7.77. The van der Waals surface area contributed by atoms with Gasteiger partial charge in [0.25, 0.3) is 0 Å². The average molecular weight is 216 g/mol. The van der Waals surface area contributed by atoms with Gasteiger partial charge < -0.3 is 10.5 Å². The molecule has 6 heteroatoms. The summed E-state index contributed by atoms with van der Waals surface area (Å²) in [6.45, 7) is 2.25. The predicted octanol–water partition coefficient (Wildman–Crippen LogP) is 1.21. The molecule has 0 aliphatic rings. The van der Waals surface area contributed by atoms with Gasteiger partial charge in [-0.15, -0.1) is 11.3 Å². The predicted molar refractivity (Wildman–Crippen MR) is 52.6 cm³/mol. The van der Waals surface area contributed by atoms with Crippen molar-refractivity contribution < 1.29 is 14.7 Å². The summed E-state index contributed by atoms with van der Waals surface area (Å²) in [6, 6.07) is 2.90. The van der Waals surface area contributed by atoms with Crippen molar-refractivity contribution in [2.75, 3.05) is 13.2 Å². The van der Waals surface area contributed by atoms with Crippen molar-refractivity contribution in [3.63, 3.8) is 0 Å². The van der Waals surface area contributed by atoms with E-state index in [-0.39, 0.29) is 13.2 Å². The first-order valence-electron chi connectivity index (χ1n) is 4.04. The topological polar surface area (TPSA) is 75.8 Å². The lowest BCUT2D eigenvalue weighted by Crippen LogP contribution is -2.35. The van der Waals surface area contributed by atoms with Crippen LogP contribution in [0.3, 0.4) is 0 Å². The van der Waals surface area contributed by atoms with Crippen molar-refractivity contribution in [2.24, 2.45) is 5.73 Å². The fourth-order valence-corrected chi connectivity index (χ4v) is 1.56. The molecule has 0 bridgehead atoms. The molecule has 2 amide bonds. The van der Waals surface area contributed by atoms with E-state index in [0.717, 1.165) is 9.94 Å². The van der Waals surface area contributed by atoms with Gasteiger partial charge >= 0.3 is 6.03 Å². The number of ether oxygens (including phenoxy) is 1. The van der Waals surface area contributed by atoms with Crippen LogP contribution < -0.4 is 10.5 Å². The zero-order chi connectivity index (χ0) is 10.6. The molecule has 0 saturated heterocycles. The molecule has 5 nitrogen and oxygen atoms in total. The molecule has 0 unspecified atom stereocenters. The molecule has 0 saturated carbocycles. The van der Waals surface area contributed by atoms with E-state index in [1.54, 1.807) is 0 Å². The van der Waals surface area contributed by atoms with Crippen LogP contribution in [-0.4, -0.2) is 29.5 Å². The Hall–Kier alpha value is -1.27. The third-order valence-electron chi connectivity index (χ3n) is 1.52. The third-order valence-corrected chi connectivity index (χ3v) is 2.43. The maximum absolute atomic E-state index is 10.4. The van der Waals surface area contributed by atoms with Crippen molar-refractivity contribution in [1.82, 2.24) is 5.06 Å². The number of nitrogens with zero attached hydrogens (tertiary/aromatic N) is 1. The van der Waals surface area contributed by atoms with E-state index in [4.69, 9.17) is 15.7 Å². The standard InChI is InChI=1S/C8H12N2O3S/c1-6-2-3-7(14-6)13-5-4-10(12)8(9)11/h2-3,12H,4-5H2,1H3,(H2,9,11). The number of amides is 2. The molecule has 1 aromatic rings. The maximum atomic E-state index is 10.4. The molecular formula is C8H12N2O3S. The smallest absolute Gasteiger partial charge is 0.338 e. The molecule has 0 aromatic carbocycles. The number of thiophene rings is 1. The molecule has 0 atom stereocenters. The molecule has 3 N–H and O–H groups in total. The molecule has 0 radical (unpaired) electrons. The van der Waals surface area contributed by atoms with Gasteiger partial charge in [0.1, 0.15) is 6.61 Å². The van der Waals surface area contributed by atoms with E-state index >= 15 is 0 Å². The first-order valence-corrected chi connectivity index (χ1v) is 4.86. The van der Waals surface area contributed by atoms with Crippen LogP contribution in [0.1, 0.15) is 4.88 Å². The number of urea groups is 1. The molecule has 78 valence electrons. The van der Waals surface area contributed by atoms with E-state index in [0.29, 0.717) is 5.06 Å². The van der Waals surface area contributed by atoms with E-state index in [9.17, 15) is 4.79 Å². The SMILES string of the molecule is Cc1ccc(OCCN(O)C(N)=O)s1. The molecule has 14 heavy (non-hydrogen) atoms. The van der Waals surface area contributed by atoms with Crippen LogP contribution in [0, 0.1) is 6.92 Å². The highest BCUT2D eigenvalue weighted by Crippen LogP contribution is 2.22. The Bertz CT molecular complexity index is 313. The van der Waals surface area contributed by atoms with Gasteiger partial charge in [-0.2, -0.15) is 0 Å². The van der Waals surface area contributed by atoms with Crippen LogP contribution in [0.4, 0.5) is 4.79 Å². The number of aryl methyl sites for hydroxylation is 1. The van der Waals surface area contributed by atoms with Crippen LogP contribution in [0.2, 0.25) is 0 Å². The number of carbonyl (C=O) groups excluding carboxylic acids is 1. The van der Waals surface area contributed by atoms with Crippen LogP contribution in [-0.2, 0) is 0 Å². The van der Waals surface area contributed by atoms with Gasteiger partial charge in [-0.05, 0) is 19.1 Å². The lowest BCUT2D eigenvalue weighted by molar-refractivity contribution is -0.0461. The van der Waals surface area contributed by atoms with Gasteiger partial charge in [-0.1, -0.05) is 0 Å². The first-order chi connectivity index (χ1) is 6.59. The highest BCUT2D eigenvalue weighted by atomic mass is 32.1. The van der Waals surface area contributed by atoms with Crippen molar-refractivity contribution >= 4 is 17.4 Å². The van der Waals surface area contributed by atoms with Gasteiger partial charge in [0.05, 0.1) is 6.54 Å². The monoisotopic (exact) mass is 216 g/mol. The lowest BCUT2D eigenvalue weighted by Gasteiger charge is -2.11. The Morgan fingerprint density at radius 2 is 2.43 bits per heavy atom. The number of nitrogens with two attached hydrogens (primary N) is 1. The Balaban J connectivity index is 2.25. The Morgan fingerprint density at radius 1 is 1.71 bits per heavy atom. The van der Waals surface area contributed by atoms with Crippen molar-refractivity contribution in [2.45, 2.75) is 6.92 Å². The maximum Gasteiger partial charge on any atom is 0.338 e. The number of hydroxylamine groups is 2. The summed E-state index contributed by atoms with van der Waals surface area (Å²) in [5.41, 5.74) is 4.80. The fraction of sp³-hybridized carbons (Fsp3) is 0.375. The normalized spacial score (nSPS) is 9.86. The summed E-state index contributed by atoms with van der Waals surface area (Å²) in [5.74, 6) is 0. The summed E-state index contributed by atoms with van der Waals surface area (Å²) in [7, 11) is 0. The Kier molecular flexibility index (Phi) is 3.73. The van der Waals surface area contributed by atoms with Crippen LogP contribution in [0.25, 0.3) is 0 Å². The summed E-state index contributed by atoms with van der Waals surface area (Å²) in [6.07, 6.45) is 0. The summed E-state index contributed by atoms with van der Waals surface area (Å²) >= 11 is 1.51. The van der Waals surface area contributed by atoms with Gasteiger partial charge in [-0.25, -0.2) is 9.86 Å². The molecule has 0 aliphatic carbocycles. The Labute approximate surface area is 85.7 Å². The molecule has 1 rings (SSSR count). The minimum atomic E-state index is -0.879. The van der Waals surface area contributed by atoms with Gasteiger partial charge in [-0.3, -0.25) is 5.21 Å². The Morgan fingerprint density at radius 3 is 2.93 bits per heavy atom. The zero-order valence-corrected chi connectivity index (χ0v) is 8.58. The number of hydrogen-bond acceptors (Lipinski definition) is 4. The van der Waals surface area contributed by atoms with Gasteiger partial charge in [0.15, 0.2) is 5.06 Å². The van der Waals surface area contributed by atoms with Gasteiger partial charge in [0, 0.05) is 4.88 Å². The van der Waals surface area contributed by atoms with E-state index in [1.165, 1.54) is 11.3 Å². The van der Waals surface area contributed by atoms with Crippen molar-refractivity contribution in [3.05, 3.63) is 17.0 Å². The second-order valence-corrected chi connectivity index (χ2v) is 3.93. The van der Waals surface area contributed by atoms with E-state index in [2.05, 4.69) is 0 Å². The van der Waals surface area contributed by atoms with Crippen LogP contribution in [0.15, 0.2) is 12.1 Å². The molecule has 0 spiro atoms. The van der Waals surface area contributed by atoms with E-state index < -0.39 is 6.03 Å². The summed E-state index contributed by atoms with van der Waals surface area (Å²) in [5, 5.41) is 10.1. The molecule has 0 aliphatic heterocycles. The van der Waals surface area contributed by atoms with Gasteiger partial charge in [0.2, 0.25) is 0 Å². The quantitative estimate of drug-likeness (QED) is 0.586. The highest BCUT2D eigenvalue weighted by molar-refractivity contribution is 7.13. The number of rotatable bonds is 4. The number of carbonyl (C=O) groups is 1. The molecular weight excluding hydrogens is 204 g/mol. The van der Waals surface area contributed by atoms with Crippen LogP contribution >= 0.6 is 11.3 Å².